The Morgan fingerprint density at radius 2 is 1.95 bits per heavy atom. The molecule has 20 heavy (non-hydrogen) atoms. The minimum atomic E-state index is 0.129. The van der Waals surface area contributed by atoms with Crippen LogP contribution in [0.5, 0.6) is 0 Å². The van der Waals surface area contributed by atoms with Crippen molar-refractivity contribution in [1.29, 1.82) is 0 Å². The number of nitrogens with zero attached hydrogens (tertiary/aromatic N) is 2. The SMILES string of the molecule is CN(Cc1ccc(Cl)cc1)C(=O)CCc1cccnc1. The van der Waals surface area contributed by atoms with Gasteiger partial charge in [-0.2, -0.15) is 0 Å². The van der Waals surface area contributed by atoms with E-state index in [1.165, 1.54) is 0 Å². The average Bonchev–Trinajstić information content (AvgIpc) is 2.48. The summed E-state index contributed by atoms with van der Waals surface area (Å²) >= 11 is 5.84. The number of hydrogen-bond donors (Lipinski definition) is 0. The number of halogens is 1. The molecule has 1 aromatic carbocycles. The van der Waals surface area contributed by atoms with E-state index in [9.17, 15) is 4.79 Å². The molecule has 3 nitrogen and oxygen atoms in total. The van der Waals surface area contributed by atoms with Crippen LogP contribution in [0.15, 0.2) is 48.8 Å². The second-order valence-corrected chi connectivity index (χ2v) is 5.17. The topological polar surface area (TPSA) is 33.2 Å². The van der Waals surface area contributed by atoms with Crippen molar-refractivity contribution in [2.45, 2.75) is 19.4 Å². The zero-order valence-electron chi connectivity index (χ0n) is 11.4. The van der Waals surface area contributed by atoms with Crippen molar-refractivity contribution in [1.82, 2.24) is 9.88 Å². The van der Waals surface area contributed by atoms with Gasteiger partial charge in [0.15, 0.2) is 0 Å². The quantitative estimate of drug-likeness (QED) is 0.845. The highest BCUT2D eigenvalue weighted by molar-refractivity contribution is 6.30. The van der Waals surface area contributed by atoms with Crippen LogP contribution in [0.1, 0.15) is 17.5 Å². The van der Waals surface area contributed by atoms with Crippen molar-refractivity contribution in [3.05, 3.63) is 64.9 Å². The molecule has 104 valence electrons. The Morgan fingerprint density at radius 1 is 1.20 bits per heavy atom. The van der Waals surface area contributed by atoms with E-state index in [-0.39, 0.29) is 5.91 Å². The highest BCUT2D eigenvalue weighted by atomic mass is 35.5. The first-order valence-corrected chi connectivity index (χ1v) is 6.90. The van der Waals surface area contributed by atoms with Crippen molar-refractivity contribution < 1.29 is 4.79 Å². The Kier molecular flexibility index (Phi) is 5.13. The number of amides is 1. The second-order valence-electron chi connectivity index (χ2n) is 4.74. The zero-order valence-corrected chi connectivity index (χ0v) is 12.2. The van der Waals surface area contributed by atoms with Gasteiger partial charge in [0.1, 0.15) is 0 Å². The third-order valence-corrected chi connectivity index (χ3v) is 3.36. The molecule has 0 spiro atoms. The molecule has 0 unspecified atom stereocenters. The van der Waals surface area contributed by atoms with Crippen molar-refractivity contribution in [2.75, 3.05) is 7.05 Å². The predicted octanol–water partition coefficient (Wildman–Crippen LogP) is 3.33. The minimum Gasteiger partial charge on any atom is -0.341 e. The third kappa shape index (κ3) is 4.35. The molecule has 0 bridgehead atoms. The van der Waals surface area contributed by atoms with Gasteiger partial charge in [-0.1, -0.05) is 29.8 Å². The lowest BCUT2D eigenvalue weighted by Gasteiger charge is -2.17. The van der Waals surface area contributed by atoms with Crippen LogP contribution in [0.4, 0.5) is 0 Å². The van der Waals surface area contributed by atoms with Crippen molar-refractivity contribution in [2.24, 2.45) is 0 Å². The smallest absolute Gasteiger partial charge is 0.222 e. The number of aromatic nitrogens is 1. The summed E-state index contributed by atoms with van der Waals surface area (Å²) < 4.78 is 0. The molecule has 0 aliphatic carbocycles. The van der Waals surface area contributed by atoms with Gasteiger partial charge >= 0.3 is 0 Å². The number of carbonyl (C=O) groups is 1. The van der Waals surface area contributed by atoms with Gasteiger partial charge in [-0.3, -0.25) is 9.78 Å². The Bertz CT molecular complexity index is 554. The number of pyridine rings is 1. The first-order chi connectivity index (χ1) is 9.65. The summed E-state index contributed by atoms with van der Waals surface area (Å²) in [6.45, 7) is 0.600. The van der Waals surface area contributed by atoms with Crippen LogP contribution in [0.3, 0.4) is 0 Å². The highest BCUT2D eigenvalue weighted by Crippen LogP contribution is 2.11. The minimum absolute atomic E-state index is 0.129. The van der Waals surface area contributed by atoms with E-state index >= 15 is 0 Å². The van der Waals surface area contributed by atoms with Gasteiger partial charge in [-0.05, 0) is 35.7 Å². The van der Waals surface area contributed by atoms with Gasteiger partial charge in [0.05, 0.1) is 0 Å². The largest absolute Gasteiger partial charge is 0.341 e. The first-order valence-electron chi connectivity index (χ1n) is 6.52. The molecule has 0 fully saturated rings. The molecule has 0 aliphatic rings. The Balaban J connectivity index is 1.84. The monoisotopic (exact) mass is 288 g/mol. The molecule has 0 N–H and O–H groups in total. The molecule has 0 saturated heterocycles. The van der Waals surface area contributed by atoms with Gasteiger partial charge in [0.2, 0.25) is 5.91 Å². The van der Waals surface area contributed by atoms with Crippen LogP contribution in [0.25, 0.3) is 0 Å². The maximum Gasteiger partial charge on any atom is 0.222 e. The van der Waals surface area contributed by atoms with E-state index in [2.05, 4.69) is 4.98 Å². The zero-order chi connectivity index (χ0) is 14.4. The summed E-state index contributed by atoms with van der Waals surface area (Å²) in [4.78, 5) is 17.8. The summed E-state index contributed by atoms with van der Waals surface area (Å²) in [7, 11) is 1.82. The Hall–Kier alpha value is -1.87. The lowest BCUT2D eigenvalue weighted by Crippen LogP contribution is -2.26. The van der Waals surface area contributed by atoms with Gasteiger partial charge in [-0.25, -0.2) is 0 Å². The molecule has 0 saturated carbocycles. The molecule has 1 aromatic heterocycles. The lowest BCUT2D eigenvalue weighted by atomic mass is 10.1. The number of aryl methyl sites for hydroxylation is 1. The first kappa shape index (κ1) is 14.5. The molecule has 1 amide bonds. The Morgan fingerprint density at radius 3 is 2.60 bits per heavy atom. The van der Waals surface area contributed by atoms with Gasteiger partial charge < -0.3 is 4.90 Å². The van der Waals surface area contributed by atoms with E-state index in [0.717, 1.165) is 17.5 Å². The molecule has 1 heterocycles. The average molecular weight is 289 g/mol. The van der Waals surface area contributed by atoms with Crippen molar-refractivity contribution in [3.63, 3.8) is 0 Å². The number of carbonyl (C=O) groups excluding carboxylic acids is 1. The van der Waals surface area contributed by atoms with Crippen LogP contribution < -0.4 is 0 Å². The fourth-order valence-corrected chi connectivity index (χ4v) is 2.07. The van der Waals surface area contributed by atoms with E-state index in [0.29, 0.717) is 18.0 Å². The number of rotatable bonds is 5. The fourth-order valence-electron chi connectivity index (χ4n) is 1.94. The summed E-state index contributed by atoms with van der Waals surface area (Å²) in [5, 5.41) is 0.708. The third-order valence-electron chi connectivity index (χ3n) is 3.11. The molecular weight excluding hydrogens is 272 g/mol. The van der Waals surface area contributed by atoms with Gasteiger partial charge in [0.25, 0.3) is 0 Å². The van der Waals surface area contributed by atoms with Crippen LogP contribution in [-0.4, -0.2) is 22.8 Å². The van der Waals surface area contributed by atoms with E-state index in [4.69, 9.17) is 11.6 Å². The van der Waals surface area contributed by atoms with Gasteiger partial charge in [-0.15, -0.1) is 0 Å². The highest BCUT2D eigenvalue weighted by Gasteiger charge is 2.09. The molecule has 0 aliphatic heterocycles. The second kappa shape index (κ2) is 7.06. The van der Waals surface area contributed by atoms with Crippen LogP contribution in [-0.2, 0) is 17.8 Å². The number of benzene rings is 1. The maximum absolute atomic E-state index is 12.1. The lowest BCUT2D eigenvalue weighted by molar-refractivity contribution is -0.130. The maximum atomic E-state index is 12.1. The summed E-state index contributed by atoms with van der Waals surface area (Å²) in [5.74, 6) is 0.129. The normalized spacial score (nSPS) is 10.3. The molecular formula is C16H17ClN2O. The van der Waals surface area contributed by atoms with Crippen LogP contribution in [0.2, 0.25) is 5.02 Å². The fraction of sp³-hybridized carbons (Fsp3) is 0.250. The molecule has 2 rings (SSSR count). The van der Waals surface area contributed by atoms with Crippen LogP contribution >= 0.6 is 11.6 Å². The molecule has 0 radical (unpaired) electrons. The molecule has 4 heteroatoms. The summed E-state index contributed by atoms with van der Waals surface area (Å²) in [6.07, 6.45) is 4.75. The number of hydrogen-bond acceptors (Lipinski definition) is 2. The molecule has 2 aromatic rings. The van der Waals surface area contributed by atoms with Crippen LogP contribution in [0, 0.1) is 0 Å². The van der Waals surface area contributed by atoms with Crippen molar-refractivity contribution in [3.8, 4) is 0 Å². The summed E-state index contributed by atoms with van der Waals surface area (Å²) in [5.41, 5.74) is 2.16. The summed E-state index contributed by atoms with van der Waals surface area (Å²) in [6, 6.07) is 11.4. The van der Waals surface area contributed by atoms with Gasteiger partial charge in [0, 0.05) is 37.4 Å². The van der Waals surface area contributed by atoms with Crippen molar-refractivity contribution >= 4 is 17.5 Å². The van der Waals surface area contributed by atoms with E-state index in [1.807, 2.05) is 43.4 Å². The van der Waals surface area contributed by atoms with E-state index in [1.54, 1.807) is 17.3 Å². The van der Waals surface area contributed by atoms with E-state index < -0.39 is 0 Å². The molecule has 0 atom stereocenters. The standard InChI is InChI=1S/C16H17ClN2O/c1-19(12-14-4-7-15(17)8-5-14)16(20)9-6-13-3-2-10-18-11-13/h2-5,7-8,10-11H,6,9,12H2,1H3. The predicted molar refractivity (Wildman–Crippen MR) is 80.5 cm³/mol. The Labute approximate surface area is 124 Å².